The van der Waals surface area contributed by atoms with Gasteiger partial charge in [0, 0.05) is 13.1 Å². The molecule has 6 rings (SSSR count). The topological polar surface area (TPSA) is 40.2 Å². The summed E-state index contributed by atoms with van der Waals surface area (Å²) in [5.74, 6) is -0.230. The number of hydrogen-bond acceptors (Lipinski definition) is 5. The lowest BCUT2D eigenvalue weighted by atomic mass is 9.92. The second kappa shape index (κ2) is 17.8. The number of piperidine rings is 1. The highest BCUT2D eigenvalue weighted by Gasteiger charge is 2.46. The third kappa shape index (κ3) is 9.92. The highest BCUT2D eigenvalue weighted by atomic mass is 19.1. The summed E-state index contributed by atoms with van der Waals surface area (Å²) in [6, 6.07) is 47.6. The van der Waals surface area contributed by atoms with Crippen LogP contribution in [-0.4, -0.2) is 49.0 Å². The molecule has 5 nitrogen and oxygen atoms in total. The van der Waals surface area contributed by atoms with E-state index in [0.29, 0.717) is 39.6 Å². The maximum Gasteiger partial charge on any atom is 0.123 e. The molecule has 1 heterocycles. The van der Waals surface area contributed by atoms with Crippen molar-refractivity contribution in [2.24, 2.45) is 0 Å². The Morgan fingerprint density at radius 3 is 1.48 bits per heavy atom. The van der Waals surface area contributed by atoms with Gasteiger partial charge in [-0.1, -0.05) is 133 Å². The van der Waals surface area contributed by atoms with Crippen molar-refractivity contribution in [3.05, 3.63) is 179 Å². The number of rotatable bonds is 16. The van der Waals surface area contributed by atoms with Gasteiger partial charge in [0.2, 0.25) is 0 Å². The Bertz CT molecular complexity index is 1610. The van der Waals surface area contributed by atoms with Crippen LogP contribution in [0.1, 0.15) is 27.8 Å². The van der Waals surface area contributed by atoms with Crippen LogP contribution in [0.4, 0.5) is 4.39 Å². The number of likely N-dealkylation sites (tertiary alicyclic amines) is 1. The minimum absolute atomic E-state index is 0.116. The van der Waals surface area contributed by atoms with Gasteiger partial charge in [0.05, 0.1) is 45.2 Å². The normalized spacial score (nSPS) is 19.7. The van der Waals surface area contributed by atoms with E-state index >= 15 is 0 Å². The molecule has 6 heteroatoms. The number of hydrogen-bond donors (Lipinski definition) is 0. The van der Waals surface area contributed by atoms with E-state index in [1.165, 1.54) is 12.1 Å². The van der Waals surface area contributed by atoms with Crippen LogP contribution in [-0.2, 0) is 51.8 Å². The summed E-state index contributed by atoms with van der Waals surface area (Å²) in [5, 5.41) is 0. The van der Waals surface area contributed by atoms with Crippen molar-refractivity contribution < 1.29 is 23.3 Å². The van der Waals surface area contributed by atoms with Crippen molar-refractivity contribution in [1.29, 1.82) is 0 Å². The van der Waals surface area contributed by atoms with E-state index in [1.807, 2.05) is 84.9 Å². The molecule has 0 amide bonds. The van der Waals surface area contributed by atoms with Gasteiger partial charge in [0.25, 0.3) is 0 Å². The second-order valence-electron chi connectivity index (χ2n) is 12.3. The van der Waals surface area contributed by atoms with E-state index in [9.17, 15) is 4.39 Å². The number of ether oxygens (including phenoxy) is 4. The van der Waals surface area contributed by atoms with E-state index in [2.05, 4.69) is 53.4 Å². The molecule has 0 radical (unpaired) electrons. The predicted molar refractivity (Wildman–Crippen MR) is 187 cm³/mol. The first kappa shape index (κ1) is 33.7. The number of benzene rings is 5. The lowest BCUT2D eigenvalue weighted by Gasteiger charge is -2.48. The van der Waals surface area contributed by atoms with Gasteiger partial charge in [-0.15, -0.1) is 0 Å². The van der Waals surface area contributed by atoms with E-state index < -0.39 is 0 Å². The smallest absolute Gasteiger partial charge is 0.123 e. The van der Waals surface area contributed by atoms with E-state index in [4.69, 9.17) is 18.9 Å². The summed E-state index contributed by atoms with van der Waals surface area (Å²) < 4.78 is 40.6. The molecule has 5 aromatic rings. The average Bonchev–Trinajstić information content (AvgIpc) is 3.14. The molecule has 0 bridgehead atoms. The zero-order chi connectivity index (χ0) is 32.8. The second-order valence-corrected chi connectivity index (χ2v) is 12.3. The zero-order valence-corrected chi connectivity index (χ0v) is 27.3. The lowest BCUT2D eigenvalue weighted by molar-refractivity contribution is -0.210. The molecule has 0 saturated carbocycles. The van der Waals surface area contributed by atoms with Crippen LogP contribution in [0.15, 0.2) is 146 Å². The molecule has 0 spiro atoms. The Hall–Kier alpha value is -4.17. The van der Waals surface area contributed by atoms with Gasteiger partial charge in [-0.3, -0.25) is 4.90 Å². The van der Waals surface area contributed by atoms with Crippen LogP contribution in [0.25, 0.3) is 0 Å². The average molecular weight is 646 g/mol. The third-order valence-electron chi connectivity index (χ3n) is 8.83. The summed E-state index contributed by atoms with van der Waals surface area (Å²) in [6.07, 6.45) is -0.229. The van der Waals surface area contributed by atoms with Crippen LogP contribution in [0.5, 0.6) is 0 Å². The largest absolute Gasteiger partial charge is 0.375 e. The van der Waals surface area contributed by atoms with Gasteiger partial charge in [-0.2, -0.15) is 0 Å². The van der Waals surface area contributed by atoms with E-state index in [1.54, 1.807) is 0 Å². The maximum absolute atomic E-state index is 13.7. The molecule has 1 fully saturated rings. The first-order valence-corrected chi connectivity index (χ1v) is 16.8. The van der Waals surface area contributed by atoms with Gasteiger partial charge >= 0.3 is 0 Å². The molecule has 1 aliphatic rings. The molecule has 4 atom stereocenters. The standard InChI is InChI=1S/C42H44FNO4/c43-38-23-21-33(22-24-38)25-26-44-27-40(46-29-35-15-7-2-8-16-35)42(48-31-37-19-11-4-12-20-37)41(47-30-36-17-9-3-10-18-36)39(44)32-45-28-34-13-5-1-6-14-34/h1-24,39-42H,25-32H2/t39-,40+,41-,42-/m1/s1. The first-order valence-electron chi connectivity index (χ1n) is 16.8. The molecule has 0 aliphatic carbocycles. The molecule has 0 aromatic heterocycles. The predicted octanol–water partition coefficient (Wildman–Crippen LogP) is 8.03. The molecule has 48 heavy (non-hydrogen) atoms. The molecule has 5 aromatic carbocycles. The van der Waals surface area contributed by atoms with Crippen molar-refractivity contribution in [2.45, 2.75) is 57.2 Å². The lowest BCUT2D eigenvalue weighted by Crippen LogP contribution is -2.64. The Kier molecular flexibility index (Phi) is 12.5. The van der Waals surface area contributed by atoms with Crippen molar-refractivity contribution in [3.63, 3.8) is 0 Å². The molecule has 0 unspecified atom stereocenters. The first-order chi connectivity index (χ1) is 23.7. The fraction of sp³-hybridized carbons (Fsp3) is 0.286. The summed E-state index contributed by atoms with van der Waals surface area (Å²) in [6.45, 7) is 3.65. The van der Waals surface area contributed by atoms with Crippen LogP contribution in [0.3, 0.4) is 0 Å². The summed E-state index contributed by atoms with van der Waals surface area (Å²) in [5.41, 5.74) is 5.48. The maximum atomic E-state index is 13.7. The van der Waals surface area contributed by atoms with E-state index in [0.717, 1.165) is 40.8 Å². The zero-order valence-electron chi connectivity index (χ0n) is 27.3. The van der Waals surface area contributed by atoms with E-state index in [-0.39, 0.29) is 30.2 Å². The Balaban J connectivity index is 1.30. The van der Waals surface area contributed by atoms with Crippen LogP contribution < -0.4 is 0 Å². The van der Waals surface area contributed by atoms with Gasteiger partial charge < -0.3 is 18.9 Å². The van der Waals surface area contributed by atoms with Gasteiger partial charge in [0.1, 0.15) is 18.0 Å². The summed E-state index contributed by atoms with van der Waals surface area (Å²) >= 11 is 0. The fourth-order valence-electron chi connectivity index (χ4n) is 6.23. The van der Waals surface area contributed by atoms with Gasteiger partial charge in [0.15, 0.2) is 0 Å². The van der Waals surface area contributed by atoms with Crippen LogP contribution in [0.2, 0.25) is 0 Å². The molecular weight excluding hydrogens is 601 g/mol. The fourth-order valence-corrected chi connectivity index (χ4v) is 6.23. The van der Waals surface area contributed by atoms with Crippen molar-refractivity contribution in [3.8, 4) is 0 Å². The molecule has 1 saturated heterocycles. The third-order valence-corrected chi connectivity index (χ3v) is 8.83. The molecule has 0 N–H and O–H groups in total. The summed E-state index contributed by atoms with van der Waals surface area (Å²) in [4.78, 5) is 2.42. The minimum Gasteiger partial charge on any atom is -0.375 e. The summed E-state index contributed by atoms with van der Waals surface area (Å²) in [7, 11) is 0. The Labute approximate surface area is 283 Å². The SMILES string of the molecule is Fc1ccc(CCN2C[C@H](OCc3ccccc3)[C@@H](OCc3ccccc3)[C@H](OCc3ccccc3)[C@H]2COCc2ccccc2)cc1. The monoisotopic (exact) mass is 645 g/mol. The van der Waals surface area contributed by atoms with Crippen molar-refractivity contribution in [2.75, 3.05) is 19.7 Å². The quantitative estimate of drug-likeness (QED) is 0.109. The number of halogens is 1. The van der Waals surface area contributed by atoms with Gasteiger partial charge in [-0.05, 0) is 46.4 Å². The van der Waals surface area contributed by atoms with Crippen molar-refractivity contribution in [1.82, 2.24) is 4.90 Å². The molecule has 1 aliphatic heterocycles. The minimum atomic E-state index is -0.356. The van der Waals surface area contributed by atoms with Crippen LogP contribution >= 0.6 is 0 Å². The van der Waals surface area contributed by atoms with Crippen molar-refractivity contribution >= 4 is 0 Å². The van der Waals surface area contributed by atoms with Crippen LogP contribution in [0, 0.1) is 5.82 Å². The molecular formula is C42H44FNO4. The Morgan fingerprint density at radius 2 is 0.958 bits per heavy atom. The number of nitrogens with zero attached hydrogens (tertiary/aromatic N) is 1. The highest BCUT2D eigenvalue weighted by Crippen LogP contribution is 2.29. The molecule has 248 valence electrons. The van der Waals surface area contributed by atoms with Gasteiger partial charge in [-0.25, -0.2) is 4.39 Å². The Morgan fingerprint density at radius 1 is 0.500 bits per heavy atom. The highest BCUT2D eigenvalue weighted by molar-refractivity contribution is 5.18.